The average molecular weight is 363 g/mol. The van der Waals surface area contributed by atoms with Gasteiger partial charge in [-0.25, -0.2) is 8.78 Å². The number of carbonyl (C=O) groups is 1. The summed E-state index contributed by atoms with van der Waals surface area (Å²) in [5.41, 5.74) is 1.29. The number of hydrogen-bond donors (Lipinski definition) is 2. The second kappa shape index (κ2) is 8.45. The van der Waals surface area contributed by atoms with E-state index in [1.807, 2.05) is 18.2 Å². The van der Waals surface area contributed by atoms with Crippen LogP contribution in [0.3, 0.4) is 0 Å². The van der Waals surface area contributed by atoms with Gasteiger partial charge in [-0.3, -0.25) is 4.79 Å². The number of nitrogens with one attached hydrogen (secondary N) is 2. The van der Waals surface area contributed by atoms with Crippen molar-refractivity contribution >= 4 is 17.7 Å². The number of thioether (sulfide) groups is 1. The zero-order valence-electron chi connectivity index (χ0n) is 13.8. The highest BCUT2D eigenvalue weighted by atomic mass is 32.2. The maximum Gasteiger partial charge on any atom is 0.230 e. The molecule has 1 unspecified atom stereocenters. The fourth-order valence-electron chi connectivity index (χ4n) is 3.10. The molecule has 1 aliphatic heterocycles. The molecule has 0 saturated carbocycles. The van der Waals surface area contributed by atoms with E-state index in [4.69, 9.17) is 0 Å². The minimum absolute atomic E-state index is 0.0882. The van der Waals surface area contributed by atoms with E-state index in [-0.39, 0.29) is 22.6 Å². The van der Waals surface area contributed by atoms with Gasteiger partial charge < -0.3 is 10.2 Å². The molecule has 2 aromatic rings. The predicted molar refractivity (Wildman–Crippen MR) is 94.5 cm³/mol. The molecule has 0 aliphatic carbocycles. The molecule has 2 N–H and O–H groups in total. The smallest absolute Gasteiger partial charge is 0.230 e. The van der Waals surface area contributed by atoms with Gasteiger partial charge >= 0.3 is 0 Å². The summed E-state index contributed by atoms with van der Waals surface area (Å²) in [7, 11) is 0. The Kier molecular flexibility index (Phi) is 6.04. The van der Waals surface area contributed by atoms with Crippen molar-refractivity contribution in [3.8, 4) is 0 Å². The summed E-state index contributed by atoms with van der Waals surface area (Å²) in [5.74, 6) is -1.05. The third-order valence-electron chi connectivity index (χ3n) is 4.30. The topological polar surface area (TPSA) is 33.5 Å². The number of amides is 1. The normalized spacial score (nSPS) is 19.8. The van der Waals surface area contributed by atoms with E-state index in [1.54, 1.807) is 0 Å². The van der Waals surface area contributed by atoms with Crippen molar-refractivity contribution in [2.75, 3.05) is 18.8 Å². The monoisotopic (exact) mass is 363 g/mol. The number of likely N-dealkylation sites (tertiary alicyclic amines) is 1. The molecule has 3 rings (SSSR count). The second-order valence-corrected chi connectivity index (χ2v) is 7.30. The van der Waals surface area contributed by atoms with Gasteiger partial charge in [0.25, 0.3) is 0 Å². The third kappa shape index (κ3) is 5.28. The van der Waals surface area contributed by atoms with E-state index in [1.165, 1.54) is 10.5 Å². The summed E-state index contributed by atoms with van der Waals surface area (Å²) in [6.45, 7) is 2.86. The van der Waals surface area contributed by atoms with E-state index in [0.29, 0.717) is 0 Å². The van der Waals surface area contributed by atoms with Gasteiger partial charge in [0.05, 0.1) is 24.9 Å². The first-order valence-corrected chi connectivity index (χ1v) is 9.33. The molecule has 6 heteroatoms. The maximum absolute atomic E-state index is 13.6. The Bertz CT molecular complexity index is 727. The molecular formula is C19H21F2N2OS+. The Morgan fingerprint density at radius 2 is 2.00 bits per heavy atom. The van der Waals surface area contributed by atoms with Crippen molar-refractivity contribution in [2.24, 2.45) is 0 Å². The van der Waals surface area contributed by atoms with E-state index >= 15 is 0 Å². The second-order valence-electron chi connectivity index (χ2n) is 6.28. The van der Waals surface area contributed by atoms with Crippen LogP contribution in [0.4, 0.5) is 8.78 Å². The van der Waals surface area contributed by atoms with Gasteiger partial charge in [0, 0.05) is 16.9 Å². The van der Waals surface area contributed by atoms with Crippen molar-refractivity contribution in [3.63, 3.8) is 0 Å². The minimum atomic E-state index is -0.501. The van der Waals surface area contributed by atoms with E-state index in [0.717, 1.165) is 56.0 Å². The quantitative estimate of drug-likeness (QED) is 0.770. The SMILES string of the molecule is O=C(CSc1cc(F)ccc1F)N[C@@H]1CC[NH+](Cc2ccccc2)C1. The molecule has 3 nitrogen and oxygen atoms in total. The van der Waals surface area contributed by atoms with Gasteiger partial charge in [0.2, 0.25) is 5.91 Å². The molecule has 2 atom stereocenters. The van der Waals surface area contributed by atoms with Gasteiger partial charge in [0.1, 0.15) is 18.2 Å². The van der Waals surface area contributed by atoms with Crippen LogP contribution in [0.25, 0.3) is 0 Å². The summed E-state index contributed by atoms with van der Waals surface area (Å²) >= 11 is 1.02. The lowest BCUT2D eigenvalue weighted by atomic mass is 10.2. The Balaban J connectivity index is 1.43. The molecule has 1 fully saturated rings. The predicted octanol–water partition coefficient (Wildman–Crippen LogP) is 2.03. The van der Waals surface area contributed by atoms with E-state index in [9.17, 15) is 13.6 Å². The number of quaternary nitrogens is 1. The molecule has 0 aromatic heterocycles. The fraction of sp³-hybridized carbons (Fsp3) is 0.316. The van der Waals surface area contributed by atoms with Crippen molar-refractivity contribution in [2.45, 2.75) is 23.9 Å². The van der Waals surface area contributed by atoms with Crippen LogP contribution in [-0.4, -0.2) is 30.8 Å². The Labute approximate surface area is 150 Å². The summed E-state index contributed by atoms with van der Waals surface area (Å²) < 4.78 is 26.7. The lowest BCUT2D eigenvalue weighted by Gasteiger charge is -2.14. The Morgan fingerprint density at radius 3 is 2.80 bits per heavy atom. The fourth-order valence-corrected chi connectivity index (χ4v) is 3.87. The van der Waals surface area contributed by atoms with Crippen molar-refractivity contribution in [3.05, 3.63) is 65.7 Å². The van der Waals surface area contributed by atoms with Crippen LogP contribution in [0.1, 0.15) is 12.0 Å². The number of hydrogen-bond acceptors (Lipinski definition) is 2. The van der Waals surface area contributed by atoms with Gasteiger partial charge in [-0.2, -0.15) is 0 Å². The van der Waals surface area contributed by atoms with Crippen molar-refractivity contribution < 1.29 is 18.5 Å². The third-order valence-corrected chi connectivity index (χ3v) is 5.33. The summed E-state index contributed by atoms with van der Waals surface area (Å²) in [6.07, 6.45) is 0.937. The zero-order valence-corrected chi connectivity index (χ0v) is 14.6. The van der Waals surface area contributed by atoms with E-state index < -0.39 is 11.6 Å². The first-order chi connectivity index (χ1) is 12.1. The summed E-state index contributed by atoms with van der Waals surface area (Å²) in [5, 5.41) is 3.00. The van der Waals surface area contributed by atoms with Crippen molar-refractivity contribution in [1.29, 1.82) is 0 Å². The standard InChI is InChI=1S/C19H20F2N2OS/c20-15-6-7-17(21)18(10-15)25-13-19(24)22-16-8-9-23(12-16)11-14-4-2-1-3-5-14/h1-7,10,16H,8-9,11-13H2,(H,22,24)/p+1/t16-/m1/s1. The number of halogens is 2. The molecule has 1 aliphatic rings. The molecule has 0 radical (unpaired) electrons. The van der Waals surface area contributed by atoms with Gasteiger partial charge in [0.15, 0.2) is 0 Å². The molecule has 132 valence electrons. The number of rotatable bonds is 6. The lowest BCUT2D eigenvalue weighted by molar-refractivity contribution is -0.901. The van der Waals surface area contributed by atoms with Crippen molar-refractivity contribution in [1.82, 2.24) is 5.32 Å². The first kappa shape index (κ1) is 17.9. The number of carbonyl (C=O) groups excluding carboxylic acids is 1. The van der Waals surface area contributed by atoms with Crippen LogP contribution in [0, 0.1) is 11.6 Å². The van der Waals surface area contributed by atoms with Crippen LogP contribution in [0.15, 0.2) is 53.4 Å². The minimum Gasteiger partial charge on any atom is -0.347 e. The molecule has 1 heterocycles. The van der Waals surface area contributed by atoms with Gasteiger partial charge in [-0.1, -0.05) is 30.3 Å². The first-order valence-electron chi connectivity index (χ1n) is 8.35. The molecule has 0 bridgehead atoms. The van der Waals surface area contributed by atoms with Crippen LogP contribution in [-0.2, 0) is 11.3 Å². The highest BCUT2D eigenvalue weighted by Gasteiger charge is 2.27. The molecule has 25 heavy (non-hydrogen) atoms. The zero-order chi connectivity index (χ0) is 17.6. The van der Waals surface area contributed by atoms with Crippen LogP contribution >= 0.6 is 11.8 Å². The van der Waals surface area contributed by atoms with Gasteiger partial charge in [-0.05, 0) is 18.2 Å². The lowest BCUT2D eigenvalue weighted by Crippen LogP contribution is -3.09. The maximum atomic E-state index is 13.6. The van der Waals surface area contributed by atoms with Gasteiger partial charge in [-0.15, -0.1) is 11.8 Å². The Morgan fingerprint density at radius 1 is 1.20 bits per heavy atom. The summed E-state index contributed by atoms with van der Waals surface area (Å²) in [6, 6.07) is 13.7. The molecule has 1 saturated heterocycles. The van der Waals surface area contributed by atoms with Crippen LogP contribution in [0.2, 0.25) is 0 Å². The highest BCUT2D eigenvalue weighted by molar-refractivity contribution is 8.00. The molecular weight excluding hydrogens is 342 g/mol. The molecule has 1 amide bonds. The Hall–Kier alpha value is -1.92. The number of benzene rings is 2. The summed E-state index contributed by atoms with van der Waals surface area (Å²) in [4.78, 5) is 13.7. The highest BCUT2D eigenvalue weighted by Crippen LogP contribution is 2.22. The average Bonchev–Trinajstić information content (AvgIpc) is 3.03. The van der Waals surface area contributed by atoms with Crippen LogP contribution in [0.5, 0.6) is 0 Å². The molecule has 2 aromatic carbocycles. The van der Waals surface area contributed by atoms with Crippen LogP contribution < -0.4 is 10.2 Å². The largest absolute Gasteiger partial charge is 0.347 e. The molecule has 0 spiro atoms. The van der Waals surface area contributed by atoms with E-state index in [2.05, 4.69) is 17.4 Å².